The summed E-state index contributed by atoms with van der Waals surface area (Å²) in [6, 6.07) is 2.72. The molecule has 4 nitrogen and oxygen atoms in total. The Hall–Kier alpha value is -1.91. The minimum absolute atomic E-state index is 0.0818. The number of nitrogens with one attached hydrogen (secondary N) is 1. The third kappa shape index (κ3) is 3.84. The highest BCUT2D eigenvalue weighted by Crippen LogP contribution is 2.21. The summed E-state index contributed by atoms with van der Waals surface area (Å²) >= 11 is 0. The fourth-order valence-electron chi connectivity index (χ4n) is 1.40. The summed E-state index contributed by atoms with van der Waals surface area (Å²) in [6.45, 7) is 6.74. The van der Waals surface area contributed by atoms with Crippen molar-refractivity contribution in [3.63, 3.8) is 0 Å². The van der Waals surface area contributed by atoms with Gasteiger partial charge in [0.15, 0.2) is 6.29 Å². The van der Waals surface area contributed by atoms with Crippen molar-refractivity contribution in [2.24, 2.45) is 0 Å². The van der Waals surface area contributed by atoms with Gasteiger partial charge in [-0.25, -0.2) is 9.18 Å². The van der Waals surface area contributed by atoms with Crippen molar-refractivity contribution in [1.82, 2.24) is 0 Å². The summed E-state index contributed by atoms with van der Waals surface area (Å²) in [6.07, 6.45) is -0.309. The van der Waals surface area contributed by atoms with Crippen molar-refractivity contribution in [1.29, 1.82) is 0 Å². The second-order valence-electron chi connectivity index (χ2n) is 4.96. The number of anilines is 1. The van der Waals surface area contributed by atoms with E-state index in [2.05, 4.69) is 5.32 Å². The van der Waals surface area contributed by atoms with Crippen LogP contribution in [0.5, 0.6) is 0 Å². The average molecular weight is 253 g/mol. The highest BCUT2D eigenvalue weighted by Gasteiger charge is 2.19. The zero-order valence-electron chi connectivity index (χ0n) is 10.8. The first kappa shape index (κ1) is 14.2. The predicted molar refractivity (Wildman–Crippen MR) is 66.4 cm³/mol. The highest BCUT2D eigenvalue weighted by molar-refractivity contribution is 5.93. The summed E-state index contributed by atoms with van der Waals surface area (Å²) in [4.78, 5) is 22.4. The van der Waals surface area contributed by atoms with E-state index in [9.17, 15) is 14.0 Å². The van der Waals surface area contributed by atoms with Crippen molar-refractivity contribution in [3.05, 3.63) is 29.1 Å². The Bertz CT molecular complexity index is 478. The number of carbonyl (C=O) groups is 2. The Labute approximate surface area is 105 Å². The van der Waals surface area contributed by atoms with E-state index in [1.165, 1.54) is 12.1 Å². The first-order chi connectivity index (χ1) is 8.23. The van der Waals surface area contributed by atoms with Gasteiger partial charge < -0.3 is 4.74 Å². The largest absolute Gasteiger partial charge is 0.444 e. The summed E-state index contributed by atoms with van der Waals surface area (Å²) in [7, 11) is 0. The first-order valence-electron chi connectivity index (χ1n) is 5.48. The fourth-order valence-corrected chi connectivity index (χ4v) is 1.40. The van der Waals surface area contributed by atoms with Crippen LogP contribution in [0.25, 0.3) is 0 Å². The lowest BCUT2D eigenvalue weighted by molar-refractivity contribution is 0.0635. The van der Waals surface area contributed by atoms with E-state index in [1.807, 2.05) is 0 Å². The SMILES string of the molecule is Cc1cc(F)c(NC(=O)OC(C)(C)C)c(C=O)c1. The van der Waals surface area contributed by atoms with Crippen LogP contribution >= 0.6 is 0 Å². The number of rotatable bonds is 2. The molecule has 18 heavy (non-hydrogen) atoms. The minimum Gasteiger partial charge on any atom is -0.444 e. The Morgan fingerprint density at radius 3 is 2.50 bits per heavy atom. The molecule has 0 saturated carbocycles. The van der Waals surface area contributed by atoms with Crippen LogP contribution in [0.4, 0.5) is 14.9 Å². The van der Waals surface area contributed by atoms with E-state index >= 15 is 0 Å². The van der Waals surface area contributed by atoms with Crippen molar-refractivity contribution >= 4 is 18.1 Å². The molecule has 0 radical (unpaired) electrons. The van der Waals surface area contributed by atoms with Gasteiger partial charge in [-0.15, -0.1) is 0 Å². The van der Waals surface area contributed by atoms with E-state index < -0.39 is 17.5 Å². The second-order valence-corrected chi connectivity index (χ2v) is 4.96. The molecule has 0 bridgehead atoms. The topological polar surface area (TPSA) is 55.4 Å². The van der Waals surface area contributed by atoms with Crippen LogP contribution in [-0.4, -0.2) is 18.0 Å². The van der Waals surface area contributed by atoms with Crippen LogP contribution in [0.2, 0.25) is 0 Å². The number of halogens is 1. The lowest BCUT2D eigenvalue weighted by atomic mass is 10.1. The Morgan fingerprint density at radius 1 is 1.39 bits per heavy atom. The standard InChI is InChI=1S/C13H16FNO3/c1-8-5-9(7-16)11(10(14)6-8)15-12(17)18-13(2,3)4/h5-7H,1-4H3,(H,15,17). The third-order valence-electron chi connectivity index (χ3n) is 2.02. The monoisotopic (exact) mass is 253 g/mol. The summed E-state index contributed by atoms with van der Waals surface area (Å²) < 4.78 is 18.7. The lowest BCUT2D eigenvalue weighted by Crippen LogP contribution is -2.27. The Morgan fingerprint density at radius 2 is 2.00 bits per heavy atom. The molecule has 98 valence electrons. The number of amides is 1. The van der Waals surface area contributed by atoms with E-state index in [1.54, 1.807) is 27.7 Å². The fraction of sp³-hybridized carbons (Fsp3) is 0.385. The van der Waals surface area contributed by atoms with Gasteiger partial charge in [-0.05, 0) is 45.4 Å². The quantitative estimate of drug-likeness (QED) is 0.823. The van der Waals surface area contributed by atoms with E-state index in [0.717, 1.165) is 0 Å². The molecule has 1 rings (SSSR count). The number of aryl methyl sites for hydroxylation is 1. The van der Waals surface area contributed by atoms with Crippen LogP contribution in [-0.2, 0) is 4.74 Å². The number of hydrogen-bond acceptors (Lipinski definition) is 3. The number of benzene rings is 1. The van der Waals surface area contributed by atoms with Gasteiger partial charge >= 0.3 is 6.09 Å². The molecular formula is C13H16FNO3. The van der Waals surface area contributed by atoms with Crippen LogP contribution < -0.4 is 5.32 Å². The maximum Gasteiger partial charge on any atom is 0.412 e. The van der Waals surface area contributed by atoms with E-state index in [0.29, 0.717) is 11.8 Å². The smallest absolute Gasteiger partial charge is 0.412 e. The average Bonchev–Trinajstić information content (AvgIpc) is 2.18. The molecule has 0 aliphatic carbocycles. The molecule has 0 aromatic heterocycles. The number of carbonyl (C=O) groups excluding carboxylic acids is 2. The van der Waals surface area contributed by atoms with Gasteiger partial charge in [0.2, 0.25) is 0 Å². The maximum atomic E-state index is 13.7. The Kier molecular flexibility index (Phi) is 4.06. The summed E-state index contributed by atoms with van der Waals surface area (Å²) in [5.41, 5.74) is -0.167. The minimum atomic E-state index is -0.798. The van der Waals surface area contributed by atoms with Gasteiger partial charge in [0, 0.05) is 5.56 Å². The zero-order valence-corrected chi connectivity index (χ0v) is 10.8. The summed E-state index contributed by atoms with van der Waals surface area (Å²) in [5, 5.41) is 2.25. The molecule has 0 aliphatic rings. The van der Waals surface area contributed by atoms with Gasteiger partial charge in [0.05, 0.1) is 5.69 Å². The first-order valence-corrected chi connectivity index (χ1v) is 5.48. The predicted octanol–water partition coefficient (Wildman–Crippen LogP) is 3.29. The number of aldehydes is 1. The molecule has 1 aromatic rings. The van der Waals surface area contributed by atoms with Crippen molar-refractivity contribution in [2.75, 3.05) is 5.32 Å². The van der Waals surface area contributed by atoms with Crippen molar-refractivity contribution in [3.8, 4) is 0 Å². The molecule has 5 heteroatoms. The molecule has 0 atom stereocenters. The van der Waals surface area contributed by atoms with Crippen LogP contribution in [0.15, 0.2) is 12.1 Å². The molecule has 0 heterocycles. The van der Waals surface area contributed by atoms with Crippen molar-refractivity contribution in [2.45, 2.75) is 33.3 Å². The molecule has 1 amide bonds. The van der Waals surface area contributed by atoms with Gasteiger partial charge in [-0.3, -0.25) is 10.1 Å². The van der Waals surface area contributed by atoms with Crippen LogP contribution in [0, 0.1) is 12.7 Å². The van der Waals surface area contributed by atoms with E-state index in [-0.39, 0.29) is 11.3 Å². The molecule has 0 unspecified atom stereocenters. The lowest BCUT2D eigenvalue weighted by Gasteiger charge is -2.20. The molecule has 0 aliphatic heterocycles. The molecule has 0 saturated heterocycles. The Balaban J connectivity index is 2.97. The normalized spacial score (nSPS) is 10.9. The molecule has 1 N–H and O–H groups in total. The van der Waals surface area contributed by atoms with Crippen LogP contribution in [0.1, 0.15) is 36.7 Å². The third-order valence-corrected chi connectivity index (χ3v) is 2.02. The second kappa shape index (κ2) is 5.16. The van der Waals surface area contributed by atoms with Gasteiger partial charge in [-0.2, -0.15) is 0 Å². The number of ether oxygens (including phenoxy) is 1. The summed E-state index contributed by atoms with van der Waals surface area (Å²) in [5.74, 6) is -0.664. The molecule has 0 spiro atoms. The van der Waals surface area contributed by atoms with Gasteiger partial charge in [0.25, 0.3) is 0 Å². The highest BCUT2D eigenvalue weighted by atomic mass is 19.1. The van der Waals surface area contributed by atoms with Gasteiger partial charge in [-0.1, -0.05) is 0 Å². The van der Waals surface area contributed by atoms with Crippen LogP contribution in [0.3, 0.4) is 0 Å². The van der Waals surface area contributed by atoms with E-state index in [4.69, 9.17) is 4.74 Å². The van der Waals surface area contributed by atoms with Gasteiger partial charge in [0.1, 0.15) is 11.4 Å². The molecule has 1 aromatic carbocycles. The maximum absolute atomic E-state index is 13.7. The zero-order chi connectivity index (χ0) is 13.9. The number of hydrogen-bond donors (Lipinski definition) is 1. The van der Waals surface area contributed by atoms with Crippen molar-refractivity contribution < 1.29 is 18.7 Å². The molecular weight excluding hydrogens is 237 g/mol. The molecule has 0 fully saturated rings.